The van der Waals surface area contributed by atoms with E-state index in [1.807, 2.05) is 32.9 Å². The zero-order valence-corrected chi connectivity index (χ0v) is 15.7. The molecule has 1 unspecified atom stereocenters. The van der Waals surface area contributed by atoms with Gasteiger partial charge < -0.3 is 14.4 Å². The second kappa shape index (κ2) is 8.91. The van der Waals surface area contributed by atoms with Crippen LogP contribution in [0.5, 0.6) is 11.5 Å². The fraction of sp³-hybridized carbons (Fsp3) is 0.333. The Morgan fingerprint density at radius 2 is 1.85 bits per heavy atom. The van der Waals surface area contributed by atoms with Crippen LogP contribution in [0.4, 0.5) is 0 Å². The zero-order valence-electron chi connectivity index (χ0n) is 15.7. The van der Waals surface area contributed by atoms with E-state index in [4.69, 9.17) is 14.7 Å². The molecule has 1 atom stereocenters. The fourth-order valence-corrected chi connectivity index (χ4v) is 2.85. The van der Waals surface area contributed by atoms with Gasteiger partial charge in [0, 0.05) is 12.1 Å². The van der Waals surface area contributed by atoms with Gasteiger partial charge in [-0.3, -0.25) is 4.79 Å². The van der Waals surface area contributed by atoms with Crippen LogP contribution in [-0.4, -0.2) is 31.1 Å². The van der Waals surface area contributed by atoms with Gasteiger partial charge in [0.1, 0.15) is 0 Å². The van der Waals surface area contributed by atoms with E-state index in [-0.39, 0.29) is 11.9 Å². The highest BCUT2D eigenvalue weighted by atomic mass is 16.5. The average molecular weight is 352 g/mol. The Morgan fingerprint density at radius 3 is 2.38 bits per heavy atom. The van der Waals surface area contributed by atoms with E-state index in [1.54, 1.807) is 42.3 Å². The summed E-state index contributed by atoms with van der Waals surface area (Å²) in [4.78, 5) is 14.8. The second-order valence-electron chi connectivity index (χ2n) is 5.80. The Balaban J connectivity index is 2.29. The van der Waals surface area contributed by atoms with Gasteiger partial charge in [-0.1, -0.05) is 12.1 Å². The summed E-state index contributed by atoms with van der Waals surface area (Å²) in [5.74, 6) is 1.09. The van der Waals surface area contributed by atoms with Crippen molar-refractivity contribution in [2.45, 2.75) is 26.8 Å². The van der Waals surface area contributed by atoms with Gasteiger partial charge in [-0.2, -0.15) is 5.26 Å². The van der Waals surface area contributed by atoms with Crippen molar-refractivity contribution in [1.82, 2.24) is 4.90 Å². The molecule has 0 aliphatic rings. The summed E-state index contributed by atoms with van der Waals surface area (Å²) in [6, 6.07) is 14.5. The Morgan fingerprint density at radius 1 is 1.15 bits per heavy atom. The zero-order chi connectivity index (χ0) is 19.1. The number of methoxy groups -OCH3 is 1. The smallest absolute Gasteiger partial charge is 0.254 e. The van der Waals surface area contributed by atoms with Crippen LogP contribution < -0.4 is 9.47 Å². The topological polar surface area (TPSA) is 62.6 Å². The van der Waals surface area contributed by atoms with Crippen LogP contribution in [0.2, 0.25) is 0 Å². The molecule has 2 aromatic carbocycles. The molecular weight excluding hydrogens is 328 g/mol. The second-order valence-corrected chi connectivity index (χ2v) is 5.80. The van der Waals surface area contributed by atoms with Gasteiger partial charge in [0.05, 0.1) is 31.4 Å². The molecule has 1 amide bonds. The van der Waals surface area contributed by atoms with Crippen LogP contribution in [0.3, 0.4) is 0 Å². The van der Waals surface area contributed by atoms with E-state index in [2.05, 4.69) is 6.07 Å². The maximum atomic E-state index is 13.0. The van der Waals surface area contributed by atoms with Crippen molar-refractivity contribution in [2.75, 3.05) is 20.3 Å². The SMILES string of the molecule is CCOc1cc(C(=O)N(CC)C(C)c2ccc(C#N)cc2)ccc1OC. The highest BCUT2D eigenvalue weighted by molar-refractivity contribution is 5.95. The predicted molar refractivity (Wildman–Crippen MR) is 100 cm³/mol. The number of hydrogen-bond acceptors (Lipinski definition) is 4. The van der Waals surface area contributed by atoms with Crippen molar-refractivity contribution in [3.63, 3.8) is 0 Å². The summed E-state index contributed by atoms with van der Waals surface area (Å²) in [7, 11) is 1.57. The molecule has 2 aromatic rings. The van der Waals surface area contributed by atoms with Crippen LogP contribution >= 0.6 is 0 Å². The third-order valence-electron chi connectivity index (χ3n) is 4.30. The molecule has 2 rings (SSSR count). The molecule has 0 heterocycles. The van der Waals surface area contributed by atoms with E-state index >= 15 is 0 Å². The van der Waals surface area contributed by atoms with Gasteiger partial charge in [-0.05, 0) is 56.7 Å². The van der Waals surface area contributed by atoms with E-state index in [0.717, 1.165) is 5.56 Å². The predicted octanol–water partition coefficient (Wildman–Crippen LogP) is 4.19. The van der Waals surface area contributed by atoms with Crippen molar-refractivity contribution in [3.05, 3.63) is 59.2 Å². The first-order chi connectivity index (χ1) is 12.5. The monoisotopic (exact) mass is 352 g/mol. The number of benzene rings is 2. The molecule has 0 aliphatic heterocycles. The number of nitriles is 1. The first-order valence-electron chi connectivity index (χ1n) is 8.67. The molecule has 0 spiro atoms. The van der Waals surface area contributed by atoms with Crippen molar-refractivity contribution in [2.24, 2.45) is 0 Å². The van der Waals surface area contributed by atoms with Crippen molar-refractivity contribution < 1.29 is 14.3 Å². The number of nitrogens with zero attached hydrogens (tertiary/aromatic N) is 2. The van der Waals surface area contributed by atoms with Gasteiger partial charge in [-0.15, -0.1) is 0 Å². The molecule has 136 valence electrons. The van der Waals surface area contributed by atoms with E-state index in [1.165, 1.54) is 0 Å². The third kappa shape index (κ3) is 4.15. The van der Waals surface area contributed by atoms with Crippen LogP contribution in [0.1, 0.15) is 48.3 Å². The summed E-state index contributed by atoms with van der Waals surface area (Å²) in [6.07, 6.45) is 0. The molecule has 0 saturated carbocycles. The maximum Gasteiger partial charge on any atom is 0.254 e. The molecule has 0 fully saturated rings. The molecule has 0 N–H and O–H groups in total. The Kier molecular flexibility index (Phi) is 6.62. The summed E-state index contributed by atoms with van der Waals surface area (Å²) in [6.45, 7) is 6.88. The van der Waals surface area contributed by atoms with E-state index < -0.39 is 0 Å². The van der Waals surface area contributed by atoms with Crippen molar-refractivity contribution in [1.29, 1.82) is 5.26 Å². The largest absolute Gasteiger partial charge is 0.493 e. The van der Waals surface area contributed by atoms with Gasteiger partial charge in [0.25, 0.3) is 5.91 Å². The molecule has 0 bridgehead atoms. The minimum absolute atomic E-state index is 0.0760. The van der Waals surface area contributed by atoms with Gasteiger partial charge in [0.15, 0.2) is 11.5 Å². The first-order valence-corrected chi connectivity index (χ1v) is 8.67. The maximum absolute atomic E-state index is 13.0. The number of rotatable bonds is 7. The van der Waals surface area contributed by atoms with Crippen LogP contribution in [-0.2, 0) is 0 Å². The lowest BCUT2D eigenvalue weighted by Gasteiger charge is -2.29. The Bertz CT molecular complexity index is 794. The first kappa shape index (κ1) is 19.3. The number of carbonyl (C=O) groups excluding carboxylic acids is 1. The molecule has 0 aromatic heterocycles. The molecule has 0 radical (unpaired) electrons. The van der Waals surface area contributed by atoms with Crippen LogP contribution in [0, 0.1) is 11.3 Å². The minimum Gasteiger partial charge on any atom is -0.493 e. The number of carbonyl (C=O) groups is 1. The molecule has 5 nitrogen and oxygen atoms in total. The number of hydrogen-bond donors (Lipinski definition) is 0. The fourth-order valence-electron chi connectivity index (χ4n) is 2.85. The highest BCUT2D eigenvalue weighted by Gasteiger charge is 2.22. The number of ether oxygens (including phenoxy) is 2. The van der Waals surface area contributed by atoms with E-state index in [9.17, 15) is 4.79 Å². The average Bonchev–Trinajstić information content (AvgIpc) is 2.68. The third-order valence-corrected chi connectivity index (χ3v) is 4.30. The van der Waals surface area contributed by atoms with Crippen LogP contribution in [0.25, 0.3) is 0 Å². The lowest BCUT2D eigenvalue weighted by atomic mass is 10.0. The summed E-state index contributed by atoms with van der Waals surface area (Å²) in [5, 5.41) is 8.94. The molecule has 5 heteroatoms. The number of amides is 1. The summed E-state index contributed by atoms with van der Waals surface area (Å²) < 4.78 is 10.9. The normalized spacial score (nSPS) is 11.3. The van der Waals surface area contributed by atoms with Gasteiger partial charge in [-0.25, -0.2) is 0 Å². The Hall–Kier alpha value is -3.00. The minimum atomic E-state index is -0.113. The lowest BCUT2D eigenvalue weighted by Crippen LogP contribution is -2.33. The van der Waals surface area contributed by atoms with Crippen LogP contribution in [0.15, 0.2) is 42.5 Å². The standard InChI is InChI=1S/C21H24N2O3/c1-5-23(15(3)17-9-7-16(14-22)8-10-17)21(24)18-11-12-19(25-4)20(13-18)26-6-2/h7-13,15H,5-6H2,1-4H3. The Labute approximate surface area is 154 Å². The summed E-state index contributed by atoms with van der Waals surface area (Å²) >= 11 is 0. The molecular formula is C21H24N2O3. The molecule has 0 aliphatic carbocycles. The quantitative estimate of drug-likeness (QED) is 0.749. The molecule has 0 saturated heterocycles. The highest BCUT2D eigenvalue weighted by Crippen LogP contribution is 2.30. The van der Waals surface area contributed by atoms with Crippen molar-refractivity contribution in [3.8, 4) is 17.6 Å². The van der Waals surface area contributed by atoms with Crippen molar-refractivity contribution >= 4 is 5.91 Å². The van der Waals surface area contributed by atoms with Gasteiger partial charge in [0.2, 0.25) is 0 Å². The molecule has 26 heavy (non-hydrogen) atoms. The van der Waals surface area contributed by atoms with E-state index in [0.29, 0.717) is 35.8 Å². The lowest BCUT2D eigenvalue weighted by molar-refractivity contribution is 0.0701. The summed E-state index contributed by atoms with van der Waals surface area (Å²) in [5.41, 5.74) is 2.14. The van der Waals surface area contributed by atoms with Gasteiger partial charge >= 0.3 is 0 Å².